The Morgan fingerprint density at radius 1 is 1.24 bits per heavy atom. The van der Waals surface area contributed by atoms with E-state index in [0.717, 1.165) is 11.3 Å². The molecule has 1 saturated heterocycles. The second kappa shape index (κ2) is 10.3. The van der Waals surface area contributed by atoms with E-state index < -0.39 is 28.6 Å². The van der Waals surface area contributed by atoms with Gasteiger partial charge in [0.25, 0.3) is 0 Å². The van der Waals surface area contributed by atoms with Crippen LogP contribution in [0.15, 0.2) is 23.1 Å². The number of rotatable bonds is 7. The Kier molecular flexibility index (Phi) is 7.70. The van der Waals surface area contributed by atoms with Crippen LogP contribution in [-0.2, 0) is 30.8 Å². The van der Waals surface area contributed by atoms with E-state index in [4.69, 9.17) is 19.9 Å². The Labute approximate surface area is 195 Å². The van der Waals surface area contributed by atoms with Crippen LogP contribution in [0, 0.1) is 18.3 Å². The van der Waals surface area contributed by atoms with Gasteiger partial charge in [-0.3, -0.25) is 0 Å². The fourth-order valence-corrected chi connectivity index (χ4v) is 5.83. The molecule has 1 aliphatic heterocycles. The molecule has 3 rings (SSSR count). The predicted octanol–water partition coefficient (Wildman–Crippen LogP) is 2.07. The number of esters is 2. The zero-order valence-electron chi connectivity index (χ0n) is 18.1. The maximum absolute atomic E-state index is 13.0. The lowest BCUT2D eigenvalue weighted by molar-refractivity contribution is 0.0452. The van der Waals surface area contributed by atoms with Gasteiger partial charge in [-0.1, -0.05) is 6.07 Å². The first kappa shape index (κ1) is 24.7. The van der Waals surface area contributed by atoms with Crippen LogP contribution >= 0.6 is 11.3 Å². The molecule has 0 radical (unpaired) electrons. The molecule has 2 aromatic rings. The van der Waals surface area contributed by atoms with Crippen LogP contribution in [0.2, 0.25) is 0 Å². The molecule has 0 unspecified atom stereocenters. The molecule has 1 fully saturated rings. The monoisotopic (exact) mass is 493 g/mol. The Bertz CT molecular complexity index is 1210. The molecule has 2 N–H and O–H groups in total. The highest BCUT2D eigenvalue weighted by Crippen LogP contribution is 2.32. The number of nitrogen functional groups attached to an aromatic ring is 1. The first-order valence-corrected chi connectivity index (χ1v) is 12.3. The molecule has 0 saturated carbocycles. The maximum Gasteiger partial charge on any atom is 0.348 e. The summed E-state index contributed by atoms with van der Waals surface area (Å²) >= 11 is 0.879. The van der Waals surface area contributed by atoms with E-state index in [9.17, 15) is 23.3 Å². The van der Waals surface area contributed by atoms with Gasteiger partial charge in [0.05, 0.1) is 35.8 Å². The Balaban J connectivity index is 1.85. The highest BCUT2D eigenvalue weighted by atomic mass is 32.2. The smallest absolute Gasteiger partial charge is 0.348 e. The number of benzene rings is 1. The number of sulfonamides is 1. The average molecular weight is 494 g/mol. The topological polar surface area (TPSA) is 149 Å². The van der Waals surface area contributed by atoms with Crippen LogP contribution in [0.4, 0.5) is 5.00 Å². The van der Waals surface area contributed by atoms with Crippen molar-refractivity contribution in [2.75, 3.05) is 38.6 Å². The summed E-state index contributed by atoms with van der Waals surface area (Å²) in [7, 11) is -3.82. The minimum atomic E-state index is -3.82. The molecule has 1 aromatic heterocycles. The lowest BCUT2D eigenvalue weighted by Gasteiger charge is -2.26. The second-order valence-corrected chi connectivity index (χ2v) is 10.0. The van der Waals surface area contributed by atoms with Crippen LogP contribution in [0.1, 0.15) is 43.6 Å². The van der Waals surface area contributed by atoms with E-state index in [1.165, 1.54) is 22.5 Å². The van der Waals surface area contributed by atoms with E-state index in [0.29, 0.717) is 18.8 Å². The van der Waals surface area contributed by atoms with Gasteiger partial charge >= 0.3 is 11.9 Å². The van der Waals surface area contributed by atoms with E-state index in [1.807, 2.05) is 6.07 Å². The van der Waals surface area contributed by atoms with E-state index in [1.54, 1.807) is 13.8 Å². The number of aryl methyl sites for hydroxylation is 1. The normalized spacial score (nSPS) is 14.5. The summed E-state index contributed by atoms with van der Waals surface area (Å²) in [5.41, 5.74) is 6.52. The number of anilines is 1. The van der Waals surface area contributed by atoms with Gasteiger partial charge in [0, 0.05) is 18.7 Å². The number of hydrogen-bond donors (Lipinski definition) is 1. The summed E-state index contributed by atoms with van der Waals surface area (Å²) < 4.78 is 42.9. The van der Waals surface area contributed by atoms with Crippen molar-refractivity contribution in [2.45, 2.75) is 25.3 Å². The molecule has 0 bridgehead atoms. The number of hydrogen-bond acceptors (Lipinski definition) is 10. The molecule has 0 amide bonds. The first-order valence-electron chi connectivity index (χ1n) is 10.0. The molecular weight excluding hydrogens is 470 g/mol. The van der Waals surface area contributed by atoms with Crippen LogP contribution in [0.5, 0.6) is 0 Å². The molecule has 1 aromatic carbocycles. The Morgan fingerprint density at radius 2 is 1.94 bits per heavy atom. The maximum atomic E-state index is 13.0. The number of nitriles is 1. The molecule has 0 spiro atoms. The van der Waals surface area contributed by atoms with Crippen LogP contribution < -0.4 is 5.73 Å². The molecule has 33 heavy (non-hydrogen) atoms. The average Bonchev–Trinajstić information content (AvgIpc) is 3.13. The number of nitrogens with two attached hydrogens (primary N) is 1. The molecule has 0 atom stereocenters. The predicted molar refractivity (Wildman–Crippen MR) is 119 cm³/mol. The van der Waals surface area contributed by atoms with Gasteiger partial charge in [-0.2, -0.15) is 9.57 Å². The fraction of sp³-hybridized carbons (Fsp3) is 0.381. The molecule has 12 heteroatoms. The molecule has 10 nitrogen and oxygen atoms in total. The van der Waals surface area contributed by atoms with Crippen molar-refractivity contribution in [1.82, 2.24) is 4.31 Å². The van der Waals surface area contributed by atoms with Gasteiger partial charge in [0.15, 0.2) is 0 Å². The lowest BCUT2D eigenvalue weighted by Crippen LogP contribution is -2.40. The SMILES string of the molecule is CCOC(=O)c1sc(N)c(C#N)c1COC(=O)c1ccc(C)c(S(=O)(=O)N2CCOCC2)c1. The van der Waals surface area contributed by atoms with Crippen LogP contribution in [-0.4, -0.2) is 57.6 Å². The van der Waals surface area contributed by atoms with E-state index in [-0.39, 0.29) is 51.2 Å². The Morgan fingerprint density at radius 3 is 2.58 bits per heavy atom. The van der Waals surface area contributed by atoms with Crippen LogP contribution in [0.25, 0.3) is 0 Å². The molecular formula is C21H23N3O7S2. The number of morpholine rings is 1. The summed E-state index contributed by atoms with van der Waals surface area (Å²) in [6.45, 7) is 4.06. The summed E-state index contributed by atoms with van der Waals surface area (Å²) in [4.78, 5) is 25.0. The highest BCUT2D eigenvalue weighted by Gasteiger charge is 2.29. The second-order valence-electron chi connectivity index (χ2n) is 7.05. The van der Waals surface area contributed by atoms with Crippen molar-refractivity contribution in [2.24, 2.45) is 0 Å². The fourth-order valence-electron chi connectivity index (χ4n) is 3.26. The number of carbonyl (C=O) groups is 2. The third kappa shape index (κ3) is 5.17. The van der Waals surface area contributed by atoms with Gasteiger partial charge in [0.1, 0.15) is 22.6 Å². The van der Waals surface area contributed by atoms with Gasteiger partial charge in [-0.05, 0) is 31.5 Å². The Hall–Kier alpha value is -2.98. The molecule has 176 valence electrons. The number of nitrogens with zero attached hydrogens (tertiary/aromatic N) is 2. The molecule has 0 aliphatic carbocycles. The standard InChI is InChI=1S/C21H23N3O7S2/c1-3-30-21(26)18-16(15(11-22)19(23)32-18)12-31-20(25)14-5-4-13(2)17(10-14)33(27,28)24-6-8-29-9-7-24/h4-5,10H,3,6-9,12,23H2,1-2H3. The van der Waals surface area contributed by atoms with Crippen molar-refractivity contribution < 1.29 is 32.2 Å². The summed E-state index contributed by atoms with van der Waals surface area (Å²) in [5.74, 6) is -1.48. The van der Waals surface area contributed by atoms with Crippen molar-refractivity contribution >= 4 is 38.3 Å². The zero-order valence-corrected chi connectivity index (χ0v) is 19.8. The van der Waals surface area contributed by atoms with Gasteiger partial charge < -0.3 is 19.9 Å². The quantitative estimate of drug-likeness (QED) is 0.572. The van der Waals surface area contributed by atoms with Crippen molar-refractivity contribution in [1.29, 1.82) is 5.26 Å². The minimum absolute atomic E-state index is 0.00329. The van der Waals surface area contributed by atoms with Gasteiger partial charge in [-0.15, -0.1) is 11.3 Å². The van der Waals surface area contributed by atoms with E-state index in [2.05, 4.69) is 0 Å². The lowest BCUT2D eigenvalue weighted by atomic mass is 10.1. The summed E-state index contributed by atoms with van der Waals surface area (Å²) in [6.07, 6.45) is 0. The van der Waals surface area contributed by atoms with Crippen molar-refractivity contribution in [3.8, 4) is 6.07 Å². The van der Waals surface area contributed by atoms with Crippen molar-refractivity contribution in [3.05, 3.63) is 45.3 Å². The van der Waals surface area contributed by atoms with Gasteiger partial charge in [0.2, 0.25) is 10.0 Å². The molecule has 2 heterocycles. The largest absolute Gasteiger partial charge is 0.462 e. The number of ether oxygens (including phenoxy) is 3. The third-order valence-corrected chi connectivity index (χ3v) is 8.05. The van der Waals surface area contributed by atoms with Crippen LogP contribution in [0.3, 0.4) is 0 Å². The number of carbonyl (C=O) groups excluding carboxylic acids is 2. The molecule has 1 aliphatic rings. The zero-order chi connectivity index (χ0) is 24.2. The summed E-state index contributed by atoms with van der Waals surface area (Å²) in [6, 6.07) is 6.15. The summed E-state index contributed by atoms with van der Waals surface area (Å²) in [5, 5.41) is 9.50. The highest BCUT2D eigenvalue weighted by molar-refractivity contribution is 7.89. The number of thiophene rings is 1. The van der Waals surface area contributed by atoms with E-state index >= 15 is 0 Å². The minimum Gasteiger partial charge on any atom is -0.462 e. The third-order valence-electron chi connectivity index (χ3n) is 4.97. The van der Waals surface area contributed by atoms with Gasteiger partial charge in [-0.25, -0.2) is 18.0 Å². The first-order chi connectivity index (χ1) is 15.7. The van der Waals surface area contributed by atoms with Crippen molar-refractivity contribution in [3.63, 3.8) is 0 Å².